The minimum Gasteiger partial charge on any atom is -0.478 e. The summed E-state index contributed by atoms with van der Waals surface area (Å²) in [6, 6.07) is 0. The van der Waals surface area contributed by atoms with Crippen LogP contribution in [0.25, 0.3) is 0 Å². The number of aromatic carboxylic acids is 1. The lowest BCUT2D eigenvalue weighted by Gasteiger charge is -2.16. The van der Waals surface area contributed by atoms with Crippen molar-refractivity contribution in [3.63, 3.8) is 0 Å². The lowest BCUT2D eigenvalue weighted by molar-refractivity contribution is 0.0697. The molecule has 1 aromatic carbocycles. The Morgan fingerprint density at radius 3 is 2.00 bits per heavy atom. The number of halogens is 1. The number of amides is 1. The predicted octanol–water partition coefficient (Wildman–Crippen LogP) is 3.16. The van der Waals surface area contributed by atoms with Crippen molar-refractivity contribution in [3.8, 4) is 0 Å². The molecule has 0 bridgehead atoms. The monoisotopic (exact) mass is 301 g/mol. The van der Waals surface area contributed by atoms with Gasteiger partial charge in [0.1, 0.15) is 0 Å². The molecule has 0 aliphatic carbocycles. The van der Waals surface area contributed by atoms with E-state index in [0.29, 0.717) is 10.0 Å². The number of carboxylic acids is 1. The minimum atomic E-state index is -1.29. The summed E-state index contributed by atoms with van der Waals surface area (Å²) in [6.45, 7) is 5.28. The maximum Gasteiger partial charge on any atom is 0.409 e. The normalized spacial score (nSPS) is 10.1. The molecule has 92 valence electrons. The van der Waals surface area contributed by atoms with Gasteiger partial charge in [0, 0.05) is 4.47 Å². The Hall–Kier alpha value is -1.56. The molecule has 1 rings (SSSR count). The minimum absolute atomic E-state index is 0.0620. The molecule has 0 fully saturated rings. The summed E-state index contributed by atoms with van der Waals surface area (Å²) in [4.78, 5) is 21.9. The van der Waals surface area contributed by atoms with Gasteiger partial charge in [0.15, 0.2) is 0 Å². The summed E-state index contributed by atoms with van der Waals surface area (Å²) < 4.78 is 0.400. The lowest BCUT2D eigenvalue weighted by Crippen LogP contribution is -2.15. The number of anilines is 1. The van der Waals surface area contributed by atoms with Crippen LogP contribution in [0.1, 0.15) is 27.0 Å². The second-order valence-corrected chi connectivity index (χ2v) is 4.47. The molecule has 0 saturated heterocycles. The summed E-state index contributed by atoms with van der Waals surface area (Å²) in [7, 11) is 0. The second-order valence-electron chi connectivity index (χ2n) is 3.67. The fourth-order valence-corrected chi connectivity index (χ4v) is 2.25. The Balaban J connectivity index is 3.65. The molecule has 5 nitrogen and oxygen atoms in total. The van der Waals surface area contributed by atoms with E-state index >= 15 is 0 Å². The maximum atomic E-state index is 11.2. The molecule has 6 heteroatoms. The Labute approximate surface area is 107 Å². The van der Waals surface area contributed by atoms with Gasteiger partial charge in [0.25, 0.3) is 0 Å². The summed E-state index contributed by atoms with van der Waals surface area (Å²) in [5.41, 5.74) is 2.31. The van der Waals surface area contributed by atoms with E-state index in [4.69, 9.17) is 10.2 Å². The van der Waals surface area contributed by atoms with Crippen molar-refractivity contribution in [2.24, 2.45) is 0 Å². The van der Waals surface area contributed by atoms with E-state index in [-0.39, 0.29) is 11.3 Å². The molecule has 1 aromatic rings. The average Bonchev–Trinajstić information content (AvgIpc) is 2.22. The molecule has 1 amide bonds. The van der Waals surface area contributed by atoms with Crippen LogP contribution in [0.4, 0.5) is 10.5 Å². The third-order valence-corrected chi connectivity index (χ3v) is 3.74. The van der Waals surface area contributed by atoms with Gasteiger partial charge in [-0.05, 0) is 53.4 Å². The third-order valence-electron chi connectivity index (χ3n) is 2.74. The van der Waals surface area contributed by atoms with Gasteiger partial charge in [-0.2, -0.15) is 0 Å². The van der Waals surface area contributed by atoms with Crippen LogP contribution in [-0.4, -0.2) is 22.3 Å². The quantitative estimate of drug-likeness (QED) is 0.783. The zero-order chi connectivity index (χ0) is 13.3. The molecule has 0 saturated carbocycles. The first-order chi connectivity index (χ1) is 7.77. The van der Waals surface area contributed by atoms with Gasteiger partial charge in [-0.3, -0.25) is 5.32 Å². The topological polar surface area (TPSA) is 86.6 Å². The number of rotatable bonds is 2. The second kappa shape index (κ2) is 4.75. The van der Waals surface area contributed by atoms with Crippen LogP contribution >= 0.6 is 15.9 Å². The summed E-state index contributed by atoms with van der Waals surface area (Å²) in [5.74, 6) is -1.17. The van der Waals surface area contributed by atoms with Gasteiger partial charge >= 0.3 is 12.1 Å². The average molecular weight is 302 g/mol. The first-order valence-corrected chi connectivity index (χ1v) is 5.59. The van der Waals surface area contributed by atoms with Gasteiger partial charge in [0.2, 0.25) is 0 Å². The van der Waals surface area contributed by atoms with E-state index in [2.05, 4.69) is 21.2 Å². The highest BCUT2D eigenvalue weighted by Gasteiger charge is 2.22. The highest BCUT2D eigenvalue weighted by molar-refractivity contribution is 9.10. The Morgan fingerprint density at radius 1 is 1.06 bits per heavy atom. The van der Waals surface area contributed by atoms with E-state index in [1.165, 1.54) is 0 Å². The number of hydrogen-bond donors (Lipinski definition) is 3. The molecule has 0 radical (unpaired) electrons. The predicted molar refractivity (Wildman–Crippen MR) is 67.0 cm³/mol. The zero-order valence-electron chi connectivity index (χ0n) is 9.59. The van der Waals surface area contributed by atoms with Gasteiger partial charge < -0.3 is 10.2 Å². The smallest absolute Gasteiger partial charge is 0.409 e. The standard InChI is InChI=1S/C11H12BrNO4/c1-4-5(2)8(12)7(10(14)15)9(6(4)3)13-11(16)17/h13H,1-3H3,(H,14,15)(H,16,17). The van der Waals surface area contributed by atoms with Crippen molar-refractivity contribution >= 4 is 33.7 Å². The third kappa shape index (κ3) is 2.41. The Bertz CT molecular complexity index is 511. The Kier molecular flexibility index (Phi) is 3.77. The Morgan fingerprint density at radius 2 is 1.59 bits per heavy atom. The molecule has 0 atom stereocenters. The fourth-order valence-electron chi connectivity index (χ4n) is 1.58. The number of benzene rings is 1. The van der Waals surface area contributed by atoms with Crippen LogP contribution in [0.3, 0.4) is 0 Å². The van der Waals surface area contributed by atoms with Crippen LogP contribution in [0.2, 0.25) is 0 Å². The number of nitrogens with one attached hydrogen (secondary N) is 1. The van der Waals surface area contributed by atoms with E-state index in [9.17, 15) is 9.59 Å². The highest BCUT2D eigenvalue weighted by atomic mass is 79.9. The molecule has 0 spiro atoms. The summed E-state index contributed by atoms with van der Waals surface area (Å²) in [6.07, 6.45) is -1.29. The first-order valence-electron chi connectivity index (χ1n) is 4.79. The number of carbonyl (C=O) groups is 2. The van der Waals surface area contributed by atoms with E-state index in [1.54, 1.807) is 13.8 Å². The van der Waals surface area contributed by atoms with Crippen LogP contribution in [0, 0.1) is 20.8 Å². The maximum absolute atomic E-state index is 11.2. The molecule has 0 unspecified atom stereocenters. The van der Waals surface area contributed by atoms with Crippen LogP contribution in [0.5, 0.6) is 0 Å². The molecule has 3 N–H and O–H groups in total. The molecule has 0 aliphatic heterocycles. The van der Waals surface area contributed by atoms with E-state index < -0.39 is 12.1 Å². The largest absolute Gasteiger partial charge is 0.478 e. The van der Waals surface area contributed by atoms with E-state index in [1.807, 2.05) is 6.92 Å². The molecule has 0 heterocycles. The van der Waals surface area contributed by atoms with E-state index in [0.717, 1.165) is 11.1 Å². The summed E-state index contributed by atoms with van der Waals surface area (Å²) in [5, 5.41) is 20.0. The van der Waals surface area contributed by atoms with Crippen LogP contribution in [-0.2, 0) is 0 Å². The molecule has 0 aliphatic rings. The van der Waals surface area contributed by atoms with Crippen molar-refractivity contribution in [2.75, 3.05) is 5.32 Å². The van der Waals surface area contributed by atoms with Gasteiger partial charge in [-0.25, -0.2) is 9.59 Å². The van der Waals surface area contributed by atoms with Crippen molar-refractivity contribution in [2.45, 2.75) is 20.8 Å². The van der Waals surface area contributed by atoms with Crippen molar-refractivity contribution < 1.29 is 19.8 Å². The van der Waals surface area contributed by atoms with Crippen LogP contribution in [0.15, 0.2) is 4.47 Å². The molecular formula is C11H12BrNO4. The summed E-state index contributed by atoms with van der Waals surface area (Å²) >= 11 is 3.19. The van der Waals surface area contributed by atoms with Crippen LogP contribution < -0.4 is 5.32 Å². The molecular weight excluding hydrogens is 290 g/mol. The molecule has 17 heavy (non-hydrogen) atoms. The van der Waals surface area contributed by atoms with Crippen molar-refractivity contribution in [1.29, 1.82) is 0 Å². The number of carboxylic acid groups (broad SMARTS) is 2. The van der Waals surface area contributed by atoms with Crippen molar-refractivity contribution in [1.82, 2.24) is 0 Å². The number of hydrogen-bond acceptors (Lipinski definition) is 2. The fraction of sp³-hybridized carbons (Fsp3) is 0.273. The zero-order valence-corrected chi connectivity index (χ0v) is 11.2. The molecule has 0 aromatic heterocycles. The van der Waals surface area contributed by atoms with Gasteiger partial charge in [-0.1, -0.05) is 0 Å². The first kappa shape index (κ1) is 13.5. The van der Waals surface area contributed by atoms with Crippen molar-refractivity contribution in [3.05, 3.63) is 26.7 Å². The SMILES string of the molecule is Cc1c(C)c(Br)c(C(=O)O)c(NC(=O)O)c1C. The van der Waals surface area contributed by atoms with Gasteiger partial charge in [-0.15, -0.1) is 0 Å². The van der Waals surface area contributed by atoms with Gasteiger partial charge in [0.05, 0.1) is 11.3 Å². The highest BCUT2D eigenvalue weighted by Crippen LogP contribution is 2.34. The lowest BCUT2D eigenvalue weighted by atomic mass is 9.97.